The average molecular weight is 291 g/mol. The molecule has 0 spiro atoms. The Morgan fingerprint density at radius 3 is 2.60 bits per heavy atom. The predicted molar refractivity (Wildman–Crippen MR) is 82.0 cm³/mol. The van der Waals surface area contributed by atoms with Gasteiger partial charge in [0.05, 0.1) is 11.7 Å². The fourth-order valence-electron chi connectivity index (χ4n) is 1.76. The van der Waals surface area contributed by atoms with Gasteiger partial charge in [0, 0.05) is 10.9 Å². The first kappa shape index (κ1) is 15.1. The van der Waals surface area contributed by atoms with Gasteiger partial charge >= 0.3 is 0 Å². The van der Waals surface area contributed by atoms with E-state index in [4.69, 9.17) is 4.52 Å². The van der Waals surface area contributed by atoms with E-state index in [9.17, 15) is 0 Å². The molecule has 4 nitrogen and oxygen atoms in total. The van der Waals surface area contributed by atoms with Crippen molar-refractivity contribution in [2.75, 3.05) is 7.05 Å². The summed E-state index contributed by atoms with van der Waals surface area (Å²) in [6.45, 7) is 6.28. The summed E-state index contributed by atoms with van der Waals surface area (Å²) in [5.41, 5.74) is 1.27. The van der Waals surface area contributed by atoms with E-state index < -0.39 is 0 Å². The number of benzene rings is 1. The van der Waals surface area contributed by atoms with E-state index in [-0.39, 0.29) is 5.92 Å². The second-order valence-corrected chi connectivity index (χ2v) is 6.07. The summed E-state index contributed by atoms with van der Waals surface area (Å²) in [7, 11) is 1.94. The van der Waals surface area contributed by atoms with Crippen LogP contribution in [0.25, 0.3) is 0 Å². The molecule has 1 aromatic carbocycles. The first-order valence-corrected chi connectivity index (χ1v) is 7.78. The molecule has 2 unspecified atom stereocenters. The Bertz CT molecular complexity index is 538. The predicted octanol–water partition coefficient (Wildman–Crippen LogP) is 3.38. The number of thioether (sulfide) groups is 1. The number of nitrogens with zero attached hydrogens (tertiary/aromatic N) is 2. The second kappa shape index (κ2) is 6.90. The molecule has 0 amide bonds. The Kier molecular flexibility index (Phi) is 5.20. The molecule has 0 saturated heterocycles. The molecule has 0 aliphatic carbocycles. The van der Waals surface area contributed by atoms with Gasteiger partial charge in [-0.15, -0.1) is 11.8 Å². The number of hydrogen-bond donors (Lipinski definition) is 1. The highest BCUT2D eigenvalue weighted by atomic mass is 32.2. The molecular formula is C15H21N3OS. The molecule has 1 N–H and O–H groups in total. The van der Waals surface area contributed by atoms with Gasteiger partial charge in [0.15, 0.2) is 5.82 Å². The fourth-order valence-corrected chi connectivity index (χ4v) is 2.50. The molecule has 1 aromatic heterocycles. The van der Waals surface area contributed by atoms with E-state index in [0.717, 1.165) is 11.6 Å². The van der Waals surface area contributed by atoms with E-state index in [2.05, 4.69) is 60.5 Å². The van der Waals surface area contributed by atoms with Crippen molar-refractivity contribution in [2.45, 2.75) is 43.4 Å². The van der Waals surface area contributed by atoms with Gasteiger partial charge in [0.25, 0.3) is 0 Å². The molecule has 0 bridgehead atoms. The van der Waals surface area contributed by atoms with E-state index in [1.807, 2.05) is 7.05 Å². The zero-order valence-electron chi connectivity index (χ0n) is 12.4. The Morgan fingerprint density at radius 1 is 1.25 bits per heavy atom. The number of aryl methyl sites for hydroxylation is 1. The van der Waals surface area contributed by atoms with Gasteiger partial charge in [-0.25, -0.2) is 0 Å². The van der Waals surface area contributed by atoms with Crippen LogP contribution < -0.4 is 5.32 Å². The van der Waals surface area contributed by atoms with Crippen LogP contribution in [0.1, 0.15) is 37.0 Å². The maximum absolute atomic E-state index is 5.34. The maximum Gasteiger partial charge on any atom is 0.231 e. The summed E-state index contributed by atoms with van der Waals surface area (Å²) in [5, 5.41) is 7.25. The van der Waals surface area contributed by atoms with Crippen molar-refractivity contribution >= 4 is 11.8 Å². The van der Waals surface area contributed by atoms with Crippen molar-refractivity contribution in [3.8, 4) is 0 Å². The highest BCUT2D eigenvalue weighted by Gasteiger charge is 2.19. The third kappa shape index (κ3) is 3.84. The van der Waals surface area contributed by atoms with Crippen molar-refractivity contribution in [2.24, 2.45) is 0 Å². The zero-order chi connectivity index (χ0) is 14.5. The SMILES string of the molecule is CNC(C)C(C)c1nc(CSc2ccc(C)cc2)no1. The Balaban J connectivity index is 1.94. The minimum Gasteiger partial charge on any atom is -0.339 e. The molecule has 0 aliphatic rings. The van der Waals surface area contributed by atoms with Crippen LogP contribution in [0.5, 0.6) is 0 Å². The van der Waals surface area contributed by atoms with Crippen molar-refractivity contribution in [3.63, 3.8) is 0 Å². The van der Waals surface area contributed by atoms with Crippen molar-refractivity contribution < 1.29 is 4.52 Å². The van der Waals surface area contributed by atoms with Gasteiger partial charge < -0.3 is 9.84 Å². The van der Waals surface area contributed by atoms with Crippen LogP contribution in [0.2, 0.25) is 0 Å². The van der Waals surface area contributed by atoms with Crippen molar-refractivity contribution in [1.29, 1.82) is 0 Å². The molecule has 108 valence electrons. The van der Waals surface area contributed by atoms with Crippen LogP contribution in [-0.2, 0) is 5.75 Å². The standard InChI is InChI=1S/C15H21N3OS/c1-10-5-7-13(8-6-10)20-9-14-17-15(19-18-14)11(2)12(3)16-4/h5-8,11-12,16H,9H2,1-4H3. The summed E-state index contributed by atoms with van der Waals surface area (Å²) in [6, 6.07) is 8.77. The van der Waals surface area contributed by atoms with E-state index >= 15 is 0 Å². The van der Waals surface area contributed by atoms with Gasteiger partial charge in [-0.3, -0.25) is 0 Å². The molecule has 2 rings (SSSR count). The summed E-state index contributed by atoms with van der Waals surface area (Å²) in [6.07, 6.45) is 0. The minimum absolute atomic E-state index is 0.214. The van der Waals surface area contributed by atoms with Crippen LogP contribution in [-0.4, -0.2) is 23.2 Å². The zero-order valence-corrected chi connectivity index (χ0v) is 13.2. The van der Waals surface area contributed by atoms with Crippen molar-refractivity contribution in [3.05, 3.63) is 41.5 Å². The first-order valence-electron chi connectivity index (χ1n) is 6.79. The monoisotopic (exact) mass is 291 g/mol. The molecule has 2 aromatic rings. The largest absolute Gasteiger partial charge is 0.339 e. The number of likely N-dealkylation sites (N-methyl/N-ethyl adjacent to an activating group) is 1. The molecule has 20 heavy (non-hydrogen) atoms. The highest BCUT2D eigenvalue weighted by molar-refractivity contribution is 7.98. The quantitative estimate of drug-likeness (QED) is 0.827. The first-order chi connectivity index (χ1) is 9.60. The third-order valence-corrected chi connectivity index (χ3v) is 4.48. The summed E-state index contributed by atoms with van der Waals surface area (Å²) in [5.74, 6) is 2.39. The van der Waals surface area contributed by atoms with Crippen LogP contribution in [0.3, 0.4) is 0 Å². The van der Waals surface area contributed by atoms with Crippen LogP contribution >= 0.6 is 11.8 Å². The van der Waals surface area contributed by atoms with Gasteiger partial charge in [-0.1, -0.05) is 29.8 Å². The molecule has 0 fully saturated rings. The maximum atomic E-state index is 5.34. The lowest BCUT2D eigenvalue weighted by atomic mass is 10.0. The Hall–Kier alpha value is -1.33. The second-order valence-electron chi connectivity index (χ2n) is 5.02. The minimum atomic E-state index is 0.214. The number of aromatic nitrogens is 2. The molecule has 0 aliphatic heterocycles. The smallest absolute Gasteiger partial charge is 0.231 e. The molecule has 1 heterocycles. The number of rotatable bonds is 6. The number of hydrogen-bond acceptors (Lipinski definition) is 5. The van der Waals surface area contributed by atoms with Crippen LogP contribution in [0, 0.1) is 6.92 Å². The van der Waals surface area contributed by atoms with Crippen molar-refractivity contribution in [1.82, 2.24) is 15.5 Å². The van der Waals surface area contributed by atoms with Crippen LogP contribution in [0.15, 0.2) is 33.7 Å². The van der Waals surface area contributed by atoms with E-state index in [1.165, 1.54) is 10.5 Å². The van der Waals surface area contributed by atoms with E-state index in [0.29, 0.717) is 11.9 Å². The lowest BCUT2D eigenvalue weighted by Crippen LogP contribution is -2.27. The average Bonchev–Trinajstić information content (AvgIpc) is 2.94. The molecule has 2 atom stereocenters. The van der Waals surface area contributed by atoms with Crippen LogP contribution in [0.4, 0.5) is 0 Å². The fraction of sp³-hybridized carbons (Fsp3) is 0.467. The molecule has 5 heteroatoms. The molecule has 0 saturated carbocycles. The molecular weight excluding hydrogens is 270 g/mol. The lowest BCUT2D eigenvalue weighted by Gasteiger charge is -2.14. The summed E-state index contributed by atoms with van der Waals surface area (Å²) >= 11 is 1.72. The van der Waals surface area contributed by atoms with Gasteiger partial charge in [-0.05, 0) is 33.0 Å². The third-order valence-electron chi connectivity index (χ3n) is 3.47. The summed E-state index contributed by atoms with van der Waals surface area (Å²) in [4.78, 5) is 5.69. The number of nitrogens with one attached hydrogen (secondary N) is 1. The highest BCUT2D eigenvalue weighted by Crippen LogP contribution is 2.23. The molecule has 0 radical (unpaired) electrons. The normalized spacial score (nSPS) is 14.2. The van der Waals surface area contributed by atoms with Gasteiger partial charge in [0.1, 0.15) is 0 Å². The topological polar surface area (TPSA) is 51.0 Å². The van der Waals surface area contributed by atoms with Gasteiger partial charge in [-0.2, -0.15) is 4.98 Å². The van der Waals surface area contributed by atoms with E-state index in [1.54, 1.807) is 11.8 Å². The summed E-state index contributed by atoms with van der Waals surface area (Å²) < 4.78 is 5.34. The van der Waals surface area contributed by atoms with Gasteiger partial charge in [0.2, 0.25) is 5.89 Å². The Labute approximate surface area is 124 Å². The Morgan fingerprint density at radius 2 is 1.95 bits per heavy atom. The lowest BCUT2D eigenvalue weighted by molar-refractivity contribution is 0.334.